The van der Waals surface area contributed by atoms with E-state index in [2.05, 4.69) is 20.5 Å². The molecule has 0 spiro atoms. The van der Waals surface area contributed by atoms with Gasteiger partial charge in [-0.1, -0.05) is 12.1 Å². The molecule has 7 nitrogen and oxygen atoms in total. The van der Waals surface area contributed by atoms with Crippen LogP contribution in [0.15, 0.2) is 42.6 Å². The third kappa shape index (κ3) is 4.89. The Kier molecular flexibility index (Phi) is 5.92. The molecule has 4 rings (SSSR count). The summed E-state index contributed by atoms with van der Waals surface area (Å²) in [5.41, 5.74) is 4.94. The molecule has 0 fully saturated rings. The zero-order valence-electron chi connectivity index (χ0n) is 18.4. The standard InChI is InChI=1S/C23H23F3N6O/c1-14-12-21-28-15(2)19(16(3)32(21)29-14)8-9-22(33)27-13-17-4-6-18(7-5-17)31-11-10-20(30-31)23(24,25)26/h4-7,10-12H,8-9,13H2,1-3H3,(H,27,33). The van der Waals surface area contributed by atoms with Gasteiger partial charge in [-0.2, -0.15) is 23.4 Å². The van der Waals surface area contributed by atoms with Gasteiger partial charge < -0.3 is 5.32 Å². The molecule has 0 bridgehead atoms. The summed E-state index contributed by atoms with van der Waals surface area (Å²) in [5.74, 6) is -0.100. The topological polar surface area (TPSA) is 77.1 Å². The molecule has 3 aromatic heterocycles. The van der Waals surface area contributed by atoms with Crippen molar-refractivity contribution in [2.45, 2.75) is 46.3 Å². The van der Waals surface area contributed by atoms with Crippen molar-refractivity contribution in [3.63, 3.8) is 0 Å². The van der Waals surface area contributed by atoms with Crippen LogP contribution in [-0.2, 0) is 23.9 Å². The first-order valence-electron chi connectivity index (χ1n) is 10.4. The summed E-state index contributed by atoms with van der Waals surface area (Å²) in [5, 5.41) is 10.9. The van der Waals surface area contributed by atoms with Crippen molar-refractivity contribution >= 4 is 11.6 Å². The summed E-state index contributed by atoms with van der Waals surface area (Å²) in [6, 6.07) is 9.66. The molecule has 0 atom stereocenters. The summed E-state index contributed by atoms with van der Waals surface area (Å²) < 4.78 is 41.1. The second-order valence-electron chi connectivity index (χ2n) is 7.90. The van der Waals surface area contributed by atoms with Crippen LogP contribution in [0.1, 0.15) is 40.3 Å². The van der Waals surface area contributed by atoms with E-state index in [1.807, 2.05) is 26.8 Å². The van der Waals surface area contributed by atoms with Crippen LogP contribution in [0.5, 0.6) is 0 Å². The number of carbonyl (C=O) groups is 1. The Morgan fingerprint density at radius 1 is 1.06 bits per heavy atom. The smallest absolute Gasteiger partial charge is 0.352 e. The summed E-state index contributed by atoms with van der Waals surface area (Å²) in [6.45, 7) is 6.14. The number of hydrogen-bond acceptors (Lipinski definition) is 4. The van der Waals surface area contributed by atoms with E-state index < -0.39 is 11.9 Å². The van der Waals surface area contributed by atoms with Gasteiger partial charge in [-0.15, -0.1) is 0 Å². The Morgan fingerprint density at radius 2 is 1.79 bits per heavy atom. The van der Waals surface area contributed by atoms with E-state index in [1.165, 1.54) is 10.9 Å². The van der Waals surface area contributed by atoms with E-state index in [0.29, 0.717) is 25.1 Å². The van der Waals surface area contributed by atoms with E-state index in [0.717, 1.165) is 39.9 Å². The van der Waals surface area contributed by atoms with Gasteiger partial charge in [0.15, 0.2) is 11.3 Å². The average molecular weight is 456 g/mol. The molecule has 0 aliphatic rings. The number of hydrogen-bond donors (Lipinski definition) is 1. The predicted molar refractivity (Wildman–Crippen MR) is 116 cm³/mol. The molecule has 3 heterocycles. The number of aryl methyl sites for hydroxylation is 3. The molecule has 4 aromatic rings. The van der Waals surface area contributed by atoms with Gasteiger partial charge in [0.1, 0.15) is 0 Å². The van der Waals surface area contributed by atoms with Gasteiger partial charge in [0.25, 0.3) is 0 Å². The second kappa shape index (κ2) is 8.68. The van der Waals surface area contributed by atoms with E-state index in [-0.39, 0.29) is 5.91 Å². The van der Waals surface area contributed by atoms with Crippen LogP contribution in [0.3, 0.4) is 0 Å². The fourth-order valence-electron chi connectivity index (χ4n) is 3.72. The predicted octanol–water partition coefficient (Wildman–Crippen LogP) is 4.11. The summed E-state index contributed by atoms with van der Waals surface area (Å²) in [6.07, 6.45) is -2.36. The molecule has 0 aliphatic heterocycles. The van der Waals surface area contributed by atoms with Gasteiger partial charge >= 0.3 is 6.18 Å². The number of rotatable bonds is 6. The van der Waals surface area contributed by atoms with Crippen LogP contribution >= 0.6 is 0 Å². The minimum absolute atomic E-state index is 0.100. The molecule has 0 saturated heterocycles. The largest absolute Gasteiger partial charge is 0.435 e. The van der Waals surface area contributed by atoms with Crippen molar-refractivity contribution in [2.75, 3.05) is 0 Å². The van der Waals surface area contributed by atoms with Crippen molar-refractivity contribution in [1.82, 2.24) is 29.7 Å². The Labute approximate surface area is 188 Å². The first-order valence-corrected chi connectivity index (χ1v) is 10.4. The summed E-state index contributed by atoms with van der Waals surface area (Å²) in [7, 11) is 0. The van der Waals surface area contributed by atoms with Crippen LogP contribution in [0.2, 0.25) is 0 Å². The number of fused-ring (bicyclic) bond motifs is 1. The molecular weight excluding hydrogens is 433 g/mol. The average Bonchev–Trinajstić information content (AvgIpc) is 3.39. The molecule has 0 aliphatic carbocycles. The van der Waals surface area contributed by atoms with E-state index in [9.17, 15) is 18.0 Å². The van der Waals surface area contributed by atoms with Gasteiger partial charge in [0.05, 0.1) is 11.4 Å². The Bertz CT molecular complexity index is 1300. The minimum Gasteiger partial charge on any atom is -0.352 e. The second-order valence-corrected chi connectivity index (χ2v) is 7.90. The van der Waals surface area contributed by atoms with Crippen LogP contribution in [0.25, 0.3) is 11.3 Å². The Morgan fingerprint density at radius 3 is 2.45 bits per heavy atom. The maximum atomic E-state index is 12.7. The van der Waals surface area contributed by atoms with Gasteiger partial charge in [-0.3, -0.25) is 4.79 Å². The lowest BCUT2D eigenvalue weighted by Crippen LogP contribution is -2.23. The normalized spacial score (nSPS) is 11.8. The van der Waals surface area contributed by atoms with Crippen molar-refractivity contribution in [3.05, 3.63) is 76.5 Å². The highest BCUT2D eigenvalue weighted by Gasteiger charge is 2.33. The molecule has 1 amide bonds. The molecular formula is C23H23F3N6O. The third-order valence-corrected chi connectivity index (χ3v) is 5.46. The van der Waals surface area contributed by atoms with E-state index >= 15 is 0 Å². The number of alkyl halides is 3. The number of benzene rings is 1. The van der Waals surface area contributed by atoms with Gasteiger partial charge in [0, 0.05) is 36.6 Å². The lowest BCUT2D eigenvalue weighted by Gasteiger charge is -2.11. The first-order chi connectivity index (χ1) is 15.6. The highest BCUT2D eigenvalue weighted by molar-refractivity contribution is 5.76. The maximum absolute atomic E-state index is 12.7. The monoisotopic (exact) mass is 456 g/mol. The number of halogens is 3. The SMILES string of the molecule is Cc1cc2nc(C)c(CCC(=O)NCc3ccc(-n4ccc(C(F)(F)F)n4)cc3)c(C)n2n1. The van der Waals surface area contributed by atoms with Crippen LogP contribution in [0, 0.1) is 20.8 Å². The first kappa shape index (κ1) is 22.5. The van der Waals surface area contributed by atoms with E-state index in [4.69, 9.17) is 0 Å². The highest BCUT2D eigenvalue weighted by atomic mass is 19.4. The van der Waals surface area contributed by atoms with Crippen molar-refractivity contribution in [3.8, 4) is 5.69 Å². The molecule has 1 aromatic carbocycles. The number of amides is 1. The quantitative estimate of drug-likeness (QED) is 0.474. The summed E-state index contributed by atoms with van der Waals surface area (Å²) in [4.78, 5) is 17.0. The Hall–Kier alpha value is -3.69. The van der Waals surface area contributed by atoms with Crippen LogP contribution < -0.4 is 5.32 Å². The molecule has 0 saturated carbocycles. The fraction of sp³-hybridized carbons (Fsp3) is 0.304. The van der Waals surface area contributed by atoms with Gasteiger partial charge in [-0.25, -0.2) is 14.2 Å². The highest BCUT2D eigenvalue weighted by Crippen LogP contribution is 2.27. The van der Waals surface area contributed by atoms with Crippen molar-refractivity contribution in [2.24, 2.45) is 0 Å². The zero-order valence-corrected chi connectivity index (χ0v) is 18.4. The molecule has 33 heavy (non-hydrogen) atoms. The van der Waals surface area contributed by atoms with Gasteiger partial charge in [-0.05, 0) is 56.5 Å². The number of aromatic nitrogens is 5. The van der Waals surface area contributed by atoms with Gasteiger partial charge in [0.2, 0.25) is 5.91 Å². The lowest BCUT2D eigenvalue weighted by molar-refractivity contribution is -0.141. The lowest BCUT2D eigenvalue weighted by atomic mass is 10.1. The van der Waals surface area contributed by atoms with Crippen molar-refractivity contribution < 1.29 is 18.0 Å². The van der Waals surface area contributed by atoms with Crippen LogP contribution in [-0.4, -0.2) is 30.3 Å². The maximum Gasteiger partial charge on any atom is 0.435 e. The zero-order chi connectivity index (χ0) is 23.8. The molecule has 172 valence electrons. The fourth-order valence-corrected chi connectivity index (χ4v) is 3.72. The van der Waals surface area contributed by atoms with E-state index in [1.54, 1.807) is 28.8 Å². The molecule has 10 heteroatoms. The molecule has 1 N–H and O–H groups in total. The molecule has 0 radical (unpaired) electrons. The van der Waals surface area contributed by atoms with Crippen molar-refractivity contribution in [1.29, 1.82) is 0 Å². The van der Waals surface area contributed by atoms with Crippen LogP contribution in [0.4, 0.5) is 13.2 Å². The molecule has 0 unspecified atom stereocenters. The summed E-state index contributed by atoms with van der Waals surface area (Å²) >= 11 is 0. The minimum atomic E-state index is -4.48. The Balaban J connectivity index is 1.34. The number of nitrogens with one attached hydrogen (secondary N) is 1. The third-order valence-electron chi connectivity index (χ3n) is 5.46. The number of carbonyl (C=O) groups excluding carboxylic acids is 1. The number of nitrogens with zero attached hydrogens (tertiary/aromatic N) is 5.